The number of nitrogens with zero attached hydrogens (tertiary/aromatic N) is 1. The van der Waals surface area contributed by atoms with Crippen LogP contribution in [0.3, 0.4) is 0 Å². The molecule has 9 heteroatoms. The molecular weight excluding hydrogens is 434 g/mol. The smallest absolute Gasteiger partial charge is 0.250 e. The average molecular weight is 462 g/mol. The van der Waals surface area contributed by atoms with Crippen molar-refractivity contribution in [3.05, 3.63) is 60.2 Å². The predicted molar refractivity (Wildman–Crippen MR) is 128 cm³/mol. The van der Waals surface area contributed by atoms with Gasteiger partial charge in [0, 0.05) is 24.9 Å². The second-order valence-electron chi connectivity index (χ2n) is 6.39. The largest absolute Gasteiger partial charge is 0.494 e. The van der Waals surface area contributed by atoms with Crippen LogP contribution in [0.5, 0.6) is 5.75 Å². The molecule has 0 unspecified atom stereocenters. The highest BCUT2D eigenvalue weighted by Gasteiger charge is 2.21. The topological polar surface area (TPSA) is 87.7 Å². The number of ether oxygens (including phenoxy) is 1. The van der Waals surface area contributed by atoms with E-state index in [-0.39, 0.29) is 15.9 Å². The van der Waals surface area contributed by atoms with E-state index < -0.39 is 10.0 Å². The summed E-state index contributed by atoms with van der Waals surface area (Å²) in [6.07, 6.45) is 3.05. The maximum absolute atomic E-state index is 12.5. The first-order chi connectivity index (χ1) is 14.8. The Kier molecular flexibility index (Phi) is 9.17. The molecule has 0 atom stereocenters. The fourth-order valence-corrected chi connectivity index (χ4v) is 4.43. The molecule has 7 nitrogen and oxygen atoms in total. The van der Waals surface area contributed by atoms with E-state index in [2.05, 4.69) is 10.6 Å². The Balaban J connectivity index is 1.92. The van der Waals surface area contributed by atoms with E-state index in [1.807, 2.05) is 31.2 Å². The number of amides is 1. The van der Waals surface area contributed by atoms with Crippen molar-refractivity contribution >= 4 is 45.0 Å². The summed E-state index contributed by atoms with van der Waals surface area (Å²) in [5.41, 5.74) is 1.42. The van der Waals surface area contributed by atoms with Gasteiger partial charge in [-0.1, -0.05) is 26.0 Å². The SMILES string of the molecule is CCOc1ccc(/C=C/C(=O)NC(=S)Nc2ccc(S(=O)(=O)N(CC)CC)cc2)cc1. The van der Waals surface area contributed by atoms with Crippen molar-refractivity contribution in [1.29, 1.82) is 0 Å². The number of sulfonamides is 1. The van der Waals surface area contributed by atoms with Crippen molar-refractivity contribution in [3.8, 4) is 5.75 Å². The Morgan fingerprint density at radius 1 is 1.03 bits per heavy atom. The van der Waals surface area contributed by atoms with Gasteiger partial charge >= 0.3 is 0 Å². The molecule has 0 saturated heterocycles. The quantitative estimate of drug-likeness (QED) is 0.438. The van der Waals surface area contributed by atoms with Gasteiger partial charge in [0.25, 0.3) is 0 Å². The fraction of sp³-hybridized carbons (Fsp3) is 0.273. The number of anilines is 1. The summed E-state index contributed by atoms with van der Waals surface area (Å²) < 4.78 is 31.8. The molecule has 0 aliphatic rings. The van der Waals surface area contributed by atoms with E-state index in [4.69, 9.17) is 17.0 Å². The van der Waals surface area contributed by atoms with E-state index in [1.54, 1.807) is 32.1 Å². The maximum atomic E-state index is 12.5. The van der Waals surface area contributed by atoms with Crippen LogP contribution in [0.15, 0.2) is 59.5 Å². The van der Waals surface area contributed by atoms with E-state index >= 15 is 0 Å². The molecule has 2 N–H and O–H groups in total. The molecule has 0 aromatic heterocycles. The second kappa shape index (κ2) is 11.6. The summed E-state index contributed by atoms with van der Waals surface area (Å²) in [6.45, 7) is 6.90. The molecule has 0 saturated carbocycles. The molecule has 166 valence electrons. The van der Waals surface area contributed by atoms with Crippen LogP contribution in [0.1, 0.15) is 26.3 Å². The number of benzene rings is 2. The summed E-state index contributed by atoms with van der Waals surface area (Å²) >= 11 is 5.15. The van der Waals surface area contributed by atoms with Gasteiger partial charge in [-0.15, -0.1) is 0 Å². The van der Waals surface area contributed by atoms with Crippen LogP contribution in [-0.2, 0) is 14.8 Å². The average Bonchev–Trinajstić information content (AvgIpc) is 2.74. The lowest BCUT2D eigenvalue weighted by atomic mass is 10.2. The van der Waals surface area contributed by atoms with Gasteiger partial charge in [-0.2, -0.15) is 4.31 Å². The zero-order valence-electron chi connectivity index (χ0n) is 17.8. The molecule has 2 rings (SSSR count). The number of carbonyl (C=O) groups excluding carboxylic acids is 1. The summed E-state index contributed by atoms with van der Waals surface area (Å²) in [5.74, 6) is 0.387. The molecule has 0 heterocycles. The van der Waals surface area contributed by atoms with Gasteiger partial charge in [0.05, 0.1) is 11.5 Å². The van der Waals surface area contributed by atoms with Crippen molar-refractivity contribution in [2.24, 2.45) is 0 Å². The highest BCUT2D eigenvalue weighted by Crippen LogP contribution is 2.18. The van der Waals surface area contributed by atoms with Crippen molar-refractivity contribution in [2.45, 2.75) is 25.7 Å². The first-order valence-corrected chi connectivity index (χ1v) is 11.8. The molecule has 2 aromatic rings. The van der Waals surface area contributed by atoms with Crippen LogP contribution in [0.4, 0.5) is 5.69 Å². The van der Waals surface area contributed by atoms with Gasteiger partial charge in [-0.25, -0.2) is 8.42 Å². The molecule has 0 spiro atoms. The molecule has 0 aliphatic carbocycles. The van der Waals surface area contributed by atoms with Gasteiger partial charge < -0.3 is 10.1 Å². The van der Waals surface area contributed by atoms with Crippen LogP contribution in [0.25, 0.3) is 6.08 Å². The Morgan fingerprint density at radius 2 is 1.65 bits per heavy atom. The third-order valence-electron chi connectivity index (χ3n) is 4.31. The van der Waals surface area contributed by atoms with Gasteiger partial charge in [0.1, 0.15) is 5.75 Å². The predicted octanol–water partition coefficient (Wildman–Crippen LogP) is 3.64. The lowest BCUT2D eigenvalue weighted by Gasteiger charge is -2.18. The van der Waals surface area contributed by atoms with Crippen LogP contribution in [0.2, 0.25) is 0 Å². The van der Waals surface area contributed by atoms with Crippen molar-refractivity contribution < 1.29 is 17.9 Å². The van der Waals surface area contributed by atoms with Crippen molar-refractivity contribution in [1.82, 2.24) is 9.62 Å². The fourth-order valence-electron chi connectivity index (χ4n) is 2.75. The van der Waals surface area contributed by atoms with Gasteiger partial charge in [-0.3, -0.25) is 10.1 Å². The van der Waals surface area contributed by atoms with Gasteiger partial charge in [0.15, 0.2) is 5.11 Å². The first kappa shape index (κ1) is 24.5. The summed E-state index contributed by atoms with van der Waals surface area (Å²) in [7, 11) is -3.52. The van der Waals surface area contributed by atoms with Gasteiger partial charge in [-0.05, 0) is 67.2 Å². The maximum Gasteiger partial charge on any atom is 0.250 e. The van der Waals surface area contributed by atoms with E-state index in [1.165, 1.54) is 22.5 Å². The monoisotopic (exact) mass is 461 g/mol. The lowest BCUT2D eigenvalue weighted by Crippen LogP contribution is -2.33. The minimum Gasteiger partial charge on any atom is -0.494 e. The van der Waals surface area contributed by atoms with Crippen LogP contribution >= 0.6 is 12.2 Å². The summed E-state index contributed by atoms with van der Waals surface area (Å²) in [6, 6.07) is 13.6. The van der Waals surface area contributed by atoms with E-state index in [0.29, 0.717) is 25.4 Å². The zero-order chi connectivity index (χ0) is 22.9. The molecule has 0 bridgehead atoms. The standard InChI is InChI=1S/C22H27N3O4S2/c1-4-25(5-2)31(27,28)20-14-10-18(11-15-20)23-22(30)24-21(26)16-9-17-7-12-19(13-8-17)29-6-3/h7-16H,4-6H2,1-3H3,(H2,23,24,26,30)/b16-9+. The van der Waals surface area contributed by atoms with Crippen LogP contribution in [0, 0.1) is 0 Å². The Bertz CT molecular complexity index is 1010. The van der Waals surface area contributed by atoms with E-state index in [0.717, 1.165) is 11.3 Å². The number of hydrogen-bond acceptors (Lipinski definition) is 5. The van der Waals surface area contributed by atoms with Gasteiger partial charge in [0.2, 0.25) is 15.9 Å². The molecule has 1 amide bonds. The molecule has 31 heavy (non-hydrogen) atoms. The van der Waals surface area contributed by atoms with Crippen molar-refractivity contribution in [2.75, 3.05) is 25.0 Å². The highest BCUT2D eigenvalue weighted by molar-refractivity contribution is 7.89. The third kappa shape index (κ3) is 7.16. The Morgan fingerprint density at radius 3 is 2.19 bits per heavy atom. The third-order valence-corrected chi connectivity index (χ3v) is 6.58. The minimum atomic E-state index is -3.52. The normalized spacial score (nSPS) is 11.5. The molecule has 0 aliphatic heterocycles. The number of rotatable bonds is 9. The molecule has 0 fully saturated rings. The van der Waals surface area contributed by atoms with Crippen LogP contribution < -0.4 is 15.4 Å². The molecule has 2 aromatic carbocycles. The van der Waals surface area contributed by atoms with Crippen molar-refractivity contribution in [3.63, 3.8) is 0 Å². The summed E-state index contributed by atoms with van der Waals surface area (Å²) in [4.78, 5) is 12.3. The highest BCUT2D eigenvalue weighted by atomic mass is 32.2. The molecular formula is C22H27N3O4S2. The minimum absolute atomic E-state index is 0.112. The van der Waals surface area contributed by atoms with E-state index in [9.17, 15) is 13.2 Å². The zero-order valence-corrected chi connectivity index (χ0v) is 19.4. The first-order valence-electron chi connectivity index (χ1n) is 9.93. The lowest BCUT2D eigenvalue weighted by molar-refractivity contribution is -0.115. The second-order valence-corrected chi connectivity index (χ2v) is 8.74. The number of nitrogens with one attached hydrogen (secondary N) is 2. The number of hydrogen-bond donors (Lipinski definition) is 2. The summed E-state index contributed by atoms with van der Waals surface area (Å²) in [5, 5.41) is 5.54. The Hall–Kier alpha value is -2.75. The number of carbonyl (C=O) groups is 1. The van der Waals surface area contributed by atoms with Crippen LogP contribution in [-0.4, -0.2) is 43.4 Å². The Labute approximate surface area is 189 Å². The number of thiocarbonyl (C=S) groups is 1. The molecule has 0 radical (unpaired) electrons.